The van der Waals surface area contributed by atoms with Gasteiger partial charge in [-0.3, -0.25) is 14.5 Å². The lowest BCUT2D eigenvalue weighted by molar-refractivity contribution is -0.124. The quantitative estimate of drug-likeness (QED) is 0.607. The number of nitrogens with one attached hydrogen (secondary N) is 1. The average molecular weight is 423 g/mol. The largest absolute Gasteiger partial charge is 0.349 e. The predicted molar refractivity (Wildman–Crippen MR) is 120 cm³/mol. The van der Waals surface area contributed by atoms with Gasteiger partial charge in [-0.05, 0) is 56.4 Å². The van der Waals surface area contributed by atoms with Gasteiger partial charge in [-0.2, -0.15) is 0 Å². The van der Waals surface area contributed by atoms with Crippen LogP contribution in [-0.2, 0) is 4.79 Å². The number of nitrogens with zero attached hydrogens (tertiary/aromatic N) is 3. The molecule has 2 amide bonds. The molecule has 0 fully saturated rings. The summed E-state index contributed by atoms with van der Waals surface area (Å²) < 4.78 is 3.83. The highest BCUT2D eigenvalue weighted by atomic mass is 32.1. The minimum atomic E-state index is -0.853. The summed E-state index contributed by atoms with van der Waals surface area (Å²) >= 11 is 1.10. The van der Waals surface area contributed by atoms with Crippen molar-refractivity contribution >= 4 is 29.0 Å². The van der Waals surface area contributed by atoms with Crippen LogP contribution in [0.4, 0.5) is 5.69 Å². The molecule has 1 aromatic heterocycles. The molecule has 1 atom stereocenters. The SMILES string of the molecule is CCC(C)(C)NC(=O)C(c1ccccc1)N(C(=O)c1csnn1)c1ccc(C)cc1. The van der Waals surface area contributed by atoms with E-state index in [4.69, 9.17) is 0 Å². The topological polar surface area (TPSA) is 75.2 Å². The molecule has 0 aliphatic rings. The molecule has 1 N–H and O–H groups in total. The third kappa shape index (κ3) is 4.91. The summed E-state index contributed by atoms with van der Waals surface area (Å²) in [5.74, 6) is -0.615. The molecule has 3 aromatic rings. The first kappa shape index (κ1) is 21.6. The van der Waals surface area contributed by atoms with E-state index in [1.165, 1.54) is 4.90 Å². The van der Waals surface area contributed by atoms with E-state index in [2.05, 4.69) is 14.9 Å². The second-order valence-corrected chi connectivity index (χ2v) is 8.45. The molecule has 30 heavy (non-hydrogen) atoms. The molecule has 0 bridgehead atoms. The molecule has 0 spiro atoms. The van der Waals surface area contributed by atoms with Crippen molar-refractivity contribution in [1.29, 1.82) is 0 Å². The molecule has 2 aromatic carbocycles. The number of benzene rings is 2. The van der Waals surface area contributed by atoms with Crippen molar-refractivity contribution in [3.63, 3.8) is 0 Å². The third-order valence-electron chi connectivity index (χ3n) is 5.08. The Morgan fingerprint density at radius 2 is 1.77 bits per heavy atom. The highest BCUT2D eigenvalue weighted by Gasteiger charge is 2.36. The van der Waals surface area contributed by atoms with Crippen LogP contribution in [0.25, 0.3) is 0 Å². The van der Waals surface area contributed by atoms with Crippen LogP contribution in [0.1, 0.15) is 54.8 Å². The zero-order valence-electron chi connectivity index (χ0n) is 17.6. The molecule has 0 aliphatic carbocycles. The maximum absolute atomic E-state index is 13.5. The first-order valence-corrected chi connectivity index (χ1v) is 10.7. The molecular weight excluding hydrogens is 396 g/mol. The lowest BCUT2D eigenvalue weighted by atomic mass is 9.98. The predicted octanol–water partition coefficient (Wildman–Crippen LogP) is 4.54. The maximum Gasteiger partial charge on any atom is 0.280 e. The molecule has 0 saturated heterocycles. The van der Waals surface area contributed by atoms with Gasteiger partial charge in [0.1, 0.15) is 6.04 Å². The minimum absolute atomic E-state index is 0.212. The maximum atomic E-state index is 13.5. The Morgan fingerprint density at radius 1 is 1.10 bits per heavy atom. The number of aromatic nitrogens is 2. The van der Waals surface area contributed by atoms with E-state index in [0.29, 0.717) is 5.69 Å². The van der Waals surface area contributed by atoms with Gasteiger partial charge < -0.3 is 5.32 Å². The molecule has 156 valence electrons. The molecule has 1 heterocycles. The zero-order chi connectivity index (χ0) is 21.7. The summed E-state index contributed by atoms with van der Waals surface area (Å²) in [5, 5.41) is 8.65. The molecule has 7 heteroatoms. The molecule has 1 unspecified atom stereocenters. The fraction of sp³-hybridized carbons (Fsp3) is 0.304. The summed E-state index contributed by atoms with van der Waals surface area (Å²) in [6.45, 7) is 7.93. The Bertz CT molecular complexity index is 986. The van der Waals surface area contributed by atoms with E-state index < -0.39 is 11.6 Å². The lowest BCUT2D eigenvalue weighted by Gasteiger charge is -2.34. The zero-order valence-corrected chi connectivity index (χ0v) is 18.4. The number of hydrogen-bond acceptors (Lipinski definition) is 5. The van der Waals surface area contributed by atoms with E-state index >= 15 is 0 Å². The van der Waals surface area contributed by atoms with E-state index in [1.807, 2.05) is 82.3 Å². The van der Waals surface area contributed by atoms with Crippen molar-refractivity contribution in [2.45, 2.75) is 45.7 Å². The van der Waals surface area contributed by atoms with Crippen molar-refractivity contribution in [1.82, 2.24) is 14.9 Å². The lowest BCUT2D eigenvalue weighted by Crippen LogP contribution is -2.50. The van der Waals surface area contributed by atoms with Crippen LogP contribution in [0.3, 0.4) is 0 Å². The number of rotatable bonds is 7. The number of hydrogen-bond donors (Lipinski definition) is 1. The molecular formula is C23H26N4O2S. The summed E-state index contributed by atoms with van der Waals surface area (Å²) in [6, 6.07) is 16.0. The molecule has 0 saturated carbocycles. The fourth-order valence-corrected chi connectivity index (χ4v) is 3.44. The third-order valence-corrected chi connectivity index (χ3v) is 5.58. The molecule has 0 radical (unpaired) electrons. The van der Waals surface area contributed by atoms with Crippen LogP contribution < -0.4 is 10.2 Å². The average Bonchev–Trinajstić information content (AvgIpc) is 3.27. The number of aryl methyl sites for hydroxylation is 1. The Kier molecular flexibility index (Phi) is 6.62. The van der Waals surface area contributed by atoms with Crippen LogP contribution in [0, 0.1) is 6.92 Å². The van der Waals surface area contributed by atoms with Crippen LogP contribution in [-0.4, -0.2) is 26.9 Å². The van der Waals surface area contributed by atoms with E-state index in [1.54, 1.807) is 5.38 Å². The second-order valence-electron chi connectivity index (χ2n) is 7.84. The van der Waals surface area contributed by atoms with Gasteiger partial charge in [0.25, 0.3) is 5.91 Å². The molecule has 3 rings (SSSR count). The van der Waals surface area contributed by atoms with Gasteiger partial charge >= 0.3 is 0 Å². The van der Waals surface area contributed by atoms with E-state index in [-0.39, 0.29) is 17.5 Å². The van der Waals surface area contributed by atoms with E-state index in [0.717, 1.165) is 29.1 Å². The van der Waals surface area contributed by atoms with E-state index in [9.17, 15) is 9.59 Å². The minimum Gasteiger partial charge on any atom is -0.349 e. The van der Waals surface area contributed by atoms with Crippen LogP contribution in [0.5, 0.6) is 0 Å². The van der Waals surface area contributed by atoms with Gasteiger partial charge in [0.2, 0.25) is 5.91 Å². The first-order valence-electron chi connectivity index (χ1n) is 9.86. The molecule has 6 nitrogen and oxygen atoms in total. The van der Waals surface area contributed by atoms with Crippen molar-refractivity contribution in [3.8, 4) is 0 Å². The van der Waals surface area contributed by atoms with Gasteiger partial charge in [-0.15, -0.1) is 5.10 Å². The summed E-state index contributed by atoms with van der Waals surface area (Å²) in [4.78, 5) is 28.5. The molecule has 0 aliphatic heterocycles. The monoisotopic (exact) mass is 422 g/mol. The van der Waals surface area contributed by atoms with Crippen LogP contribution in [0.15, 0.2) is 60.0 Å². The van der Waals surface area contributed by atoms with Crippen LogP contribution in [0.2, 0.25) is 0 Å². The first-order chi connectivity index (χ1) is 14.3. The number of anilines is 1. The fourth-order valence-electron chi connectivity index (χ4n) is 3.01. The van der Waals surface area contributed by atoms with Gasteiger partial charge in [0, 0.05) is 16.6 Å². The van der Waals surface area contributed by atoms with Crippen molar-refractivity contribution in [3.05, 3.63) is 76.8 Å². The second kappa shape index (κ2) is 9.17. The summed E-state index contributed by atoms with van der Waals surface area (Å²) in [5.41, 5.74) is 2.21. The number of carbonyl (C=O) groups excluding carboxylic acids is 2. The summed E-state index contributed by atoms with van der Waals surface area (Å²) in [6.07, 6.45) is 0.759. The standard InChI is InChI=1S/C23H26N4O2S/c1-5-23(3,4)24-21(28)20(17-9-7-6-8-10-17)27(18-13-11-16(2)12-14-18)22(29)19-15-30-26-25-19/h6-15,20H,5H2,1-4H3,(H,24,28). The van der Waals surface area contributed by atoms with Gasteiger partial charge in [0.05, 0.1) is 0 Å². The van der Waals surface area contributed by atoms with Gasteiger partial charge in [-0.1, -0.05) is 59.4 Å². The van der Waals surface area contributed by atoms with Crippen molar-refractivity contribution in [2.24, 2.45) is 0 Å². The normalized spacial score (nSPS) is 12.3. The van der Waals surface area contributed by atoms with Crippen LogP contribution >= 0.6 is 11.5 Å². The Balaban J connectivity index is 2.14. The van der Waals surface area contributed by atoms with Crippen molar-refractivity contribution in [2.75, 3.05) is 4.90 Å². The highest BCUT2D eigenvalue weighted by Crippen LogP contribution is 2.30. The number of amides is 2. The van der Waals surface area contributed by atoms with Crippen molar-refractivity contribution < 1.29 is 9.59 Å². The van der Waals surface area contributed by atoms with Gasteiger partial charge in [0.15, 0.2) is 5.69 Å². The Morgan fingerprint density at radius 3 is 2.33 bits per heavy atom. The summed E-state index contributed by atoms with van der Waals surface area (Å²) in [7, 11) is 0. The highest BCUT2D eigenvalue weighted by molar-refractivity contribution is 7.03. The smallest absolute Gasteiger partial charge is 0.280 e. The van der Waals surface area contributed by atoms with Gasteiger partial charge in [-0.25, -0.2) is 0 Å². The number of carbonyl (C=O) groups is 2. The Labute approximate surface area is 181 Å². The Hall–Kier alpha value is -3.06.